The number of nitrogens with zero attached hydrogens (tertiary/aromatic N) is 2. The molecule has 0 saturated carbocycles. The lowest BCUT2D eigenvalue weighted by molar-refractivity contribution is -0.0488. The van der Waals surface area contributed by atoms with Gasteiger partial charge in [0.25, 0.3) is 5.88 Å². The fourth-order valence-corrected chi connectivity index (χ4v) is 3.45. The molecule has 1 aliphatic heterocycles. The van der Waals surface area contributed by atoms with Crippen molar-refractivity contribution in [1.82, 2.24) is 10.1 Å². The minimum atomic E-state index is -0.781. The molecule has 2 unspecified atom stereocenters. The van der Waals surface area contributed by atoms with Gasteiger partial charge in [0.1, 0.15) is 6.10 Å². The molecule has 0 spiro atoms. The van der Waals surface area contributed by atoms with Crippen molar-refractivity contribution < 1.29 is 19.5 Å². The number of piperidine rings is 1. The number of hydrogen-bond acceptors (Lipinski definition) is 6. The summed E-state index contributed by atoms with van der Waals surface area (Å²) in [5, 5.41) is 25.1. The number of aromatic nitrogens is 1. The highest BCUT2D eigenvalue weighted by Crippen LogP contribution is 2.31. The van der Waals surface area contributed by atoms with Crippen LogP contribution < -0.4 is 4.74 Å². The Hall–Kier alpha value is -1.89. The predicted octanol–water partition coefficient (Wildman–Crippen LogP) is 2.17. The highest BCUT2D eigenvalue weighted by Gasteiger charge is 2.36. The second kappa shape index (κ2) is 7.56. The van der Waals surface area contributed by atoms with Crippen molar-refractivity contribution in [2.75, 3.05) is 20.2 Å². The summed E-state index contributed by atoms with van der Waals surface area (Å²) >= 11 is 0. The molecule has 2 N–H and O–H groups in total. The zero-order chi connectivity index (χ0) is 17.9. The van der Waals surface area contributed by atoms with Gasteiger partial charge < -0.3 is 19.5 Å². The third kappa shape index (κ3) is 4.21. The van der Waals surface area contributed by atoms with Crippen molar-refractivity contribution in [3.63, 3.8) is 0 Å². The molecule has 1 aliphatic rings. The molecule has 6 nitrogen and oxygen atoms in total. The van der Waals surface area contributed by atoms with E-state index in [1.54, 1.807) is 6.07 Å². The van der Waals surface area contributed by atoms with Crippen LogP contribution in [0.5, 0.6) is 5.88 Å². The summed E-state index contributed by atoms with van der Waals surface area (Å²) < 4.78 is 10.1. The Balaban J connectivity index is 1.57. The van der Waals surface area contributed by atoms with Gasteiger partial charge in [-0.15, -0.1) is 0 Å². The van der Waals surface area contributed by atoms with Crippen LogP contribution in [0, 0.1) is 0 Å². The van der Waals surface area contributed by atoms with E-state index in [2.05, 4.69) is 10.1 Å². The van der Waals surface area contributed by atoms with Crippen molar-refractivity contribution in [3.05, 3.63) is 47.7 Å². The number of likely N-dealkylation sites (tertiary alicyclic amines) is 1. The number of aliphatic hydroxyl groups excluding tert-OH is 1. The number of benzene rings is 1. The highest BCUT2D eigenvalue weighted by molar-refractivity contribution is 5.18. The van der Waals surface area contributed by atoms with E-state index in [1.807, 2.05) is 37.3 Å². The summed E-state index contributed by atoms with van der Waals surface area (Å²) in [6.07, 6.45) is 1.24. The van der Waals surface area contributed by atoms with Crippen molar-refractivity contribution in [3.8, 4) is 5.88 Å². The molecule has 3 rings (SSSR count). The van der Waals surface area contributed by atoms with Crippen molar-refractivity contribution in [1.29, 1.82) is 0 Å². The second-order valence-electron chi connectivity index (χ2n) is 6.88. The van der Waals surface area contributed by atoms with Crippen molar-refractivity contribution >= 4 is 0 Å². The number of methoxy groups -OCH3 is 1. The fraction of sp³-hybridized carbons (Fsp3) is 0.526. The Labute approximate surface area is 148 Å². The van der Waals surface area contributed by atoms with Crippen LogP contribution in [-0.4, -0.2) is 52.1 Å². The summed E-state index contributed by atoms with van der Waals surface area (Å²) in [5.41, 5.74) is 0.470. The molecule has 2 heterocycles. The van der Waals surface area contributed by atoms with Gasteiger partial charge in [-0.3, -0.25) is 4.90 Å². The van der Waals surface area contributed by atoms with Crippen LogP contribution in [0.2, 0.25) is 0 Å². The van der Waals surface area contributed by atoms with Crippen LogP contribution in [0.4, 0.5) is 0 Å². The lowest BCUT2D eigenvalue weighted by Gasteiger charge is -2.41. The first-order valence-electron chi connectivity index (χ1n) is 8.70. The van der Waals surface area contributed by atoms with E-state index in [0.29, 0.717) is 30.9 Å². The van der Waals surface area contributed by atoms with Gasteiger partial charge in [-0.1, -0.05) is 30.3 Å². The molecule has 6 heteroatoms. The van der Waals surface area contributed by atoms with Crippen LogP contribution in [0.3, 0.4) is 0 Å². The zero-order valence-corrected chi connectivity index (χ0v) is 14.8. The first-order chi connectivity index (χ1) is 12.0. The standard InChI is InChI=1S/C19H26N2O4/c1-14(18(22)16-12-17(24-2)20-25-16)21-10-8-19(23,9-11-21)13-15-6-4-3-5-7-15/h3-7,12,14,18,22-23H,8-11,13H2,1-2H3. The van der Waals surface area contributed by atoms with Crippen LogP contribution >= 0.6 is 0 Å². The van der Waals surface area contributed by atoms with Crippen molar-refractivity contribution in [2.45, 2.75) is 43.9 Å². The Morgan fingerprint density at radius 3 is 2.56 bits per heavy atom. The molecule has 0 amide bonds. The average molecular weight is 346 g/mol. The largest absolute Gasteiger partial charge is 0.479 e. The van der Waals surface area contributed by atoms with Gasteiger partial charge in [-0.05, 0) is 30.5 Å². The fourth-order valence-electron chi connectivity index (χ4n) is 3.45. The van der Waals surface area contributed by atoms with Crippen molar-refractivity contribution in [2.24, 2.45) is 0 Å². The summed E-state index contributed by atoms with van der Waals surface area (Å²) in [6, 6.07) is 11.6. The molecule has 2 aromatic rings. The first-order valence-corrected chi connectivity index (χ1v) is 8.70. The lowest BCUT2D eigenvalue weighted by Crippen LogP contribution is -2.49. The Kier molecular flexibility index (Phi) is 5.42. The van der Waals surface area contributed by atoms with E-state index in [4.69, 9.17) is 9.26 Å². The summed E-state index contributed by atoms with van der Waals surface area (Å²) in [6.45, 7) is 3.42. The molecule has 2 atom stereocenters. The van der Waals surface area contributed by atoms with E-state index in [0.717, 1.165) is 18.7 Å². The third-order valence-electron chi connectivity index (χ3n) is 5.15. The smallest absolute Gasteiger partial charge is 0.254 e. The van der Waals surface area contributed by atoms with Gasteiger partial charge in [-0.25, -0.2) is 0 Å². The van der Waals surface area contributed by atoms with E-state index < -0.39 is 11.7 Å². The summed E-state index contributed by atoms with van der Waals surface area (Å²) in [4.78, 5) is 2.18. The van der Waals surface area contributed by atoms with Crippen LogP contribution in [0.25, 0.3) is 0 Å². The molecule has 0 aliphatic carbocycles. The topological polar surface area (TPSA) is 79.0 Å². The van der Waals surface area contributed by atoms with Gasteiger partial charge in [0.15, 0.2) is 5.76 Å². The van der Waals surface area contributed by atoms with E-state index in [-0.39, 0.29) is 6.04 Å². The number of ether oxygens (including phenoxy) is 1. The molecular formula is C19H26N2O4. The number of hydrogen-bond donors (Lipinski definition) is 2. The van der Waals surface area contributed by atoms with Crippen LogP contribution in [0.1, 0.15) is 37.2 Å². The maximum Gasteiger partial charge on any atom is 0.254 e. The number of aliphatic hydroxyl groups is 2. The normalized spacial score (nSPS) is 20.2. The van der Waals surface area contributed by atoms with Gasteiger partial charge in [0.2, 0.25) is 0 Å². The average Bonchev–Trinajstić information content (AvgIpc) is 3.11. The molecule has 0 radical (unpaired) electrons. The number of rotatable bonds is 6. The van der Waals surface area contributed by atoms with Gasteiger partial charge in [0.05, 0.1) is 12.7 Å². The second-order valence-corrected chi connectivity index (χ2v) is 6.88. The van der Waals surface area contributed by atoms with Gasteiger partial charge >= 0.3 is 0 Å². The molecular weight excluding hydrogens is 320 g/mol. The minimum absolute atomic E-state index is 0.126. The van der Waals surface area contributed by atoms with E-state index in [1.165, 1.54) is 7.11 Å². The Bertz CT molecular complexity index is 665. The molecule has 1 saturated heterocycles. The molecule has 1 aromatic heterocycles. The minimum Gasteiger partial charge on any atom is -0.479 e. The summed E-state index contributed by atoms with van der Waals surface area (Å²) in [5.74, 6) is 0.756. The lowest BCUT2D eigenvalue weighted by atomic mass is 9.84. The molecule has 25 heavy (non-hydrogen) atoms. The maximum atomic E-state index is 10.9. The molecule has 1 aromatic carbocycles. The molecule has 1 fully saturated rings. The monoisotopic (exact) mass is 346 g/mol. The quantitative estimate of drug-likeness (QED) is 0.835. The molecule has 136 valence electrons. The highest BCUT2D eigenvalue weighted by atomic mass is 16.5. The SMILES string of the molecule is COc1cc(C(O)C(C)N2CCC(O)(Cc3ccccc3)CC2)on1. The summed E-state index contributed by atoms with van der Waals surface area (Å²) in [7, 11) is 1.51. The van der Waals surface area contributed by atoms with Crippen LogP contribution in [0.15, 0.2) is 40.9 Å². The molecule has 0 bridgehead atoms. The zero-order valence-electron chi connectivity index (χ0n) is 14.8. The third-order valence-corrected chi connectivity index (χ3v) is 5.15. The Morgan fingerprint density at radius 2 is 1.96 bits per heavy atom. The van der Waals surface area contributed by atoms with E-state index in [9.17, 15) is 10.2 Å². The van der Waals surface area contributed by atoms with E-state index >= 15 is 0 Å². The maximum absolute atomic E-state index is 10.9. The van der Waals surface area contributed by atoms with Gasteiger partial charge in [-0.2, -0.15) is 0 Å². The Morgan fingerprint density at radius 1 is 1.28 bits per heavy atom. The van der Waals surface area contributed by atoms with Gasteiger partial charge in [0, 0.05) is 31.6 Å². The predicted molar refractivity (Wildman–Crippen MR) is 93.4 cm³/mol. The first kappa shape index (κ1) is 17.9. The van der Waals surface area contributed by atoms with Crippen LogP contribution in [-0.2, 0) is 6.42 Å².